The van der Waals surface area contributed by atoms with E-state index in [1.807, 2.05) is 29.2 Å². The molecule has 6 nitrogen and oxygen atoms in total. The number of hydrogen-bond acceptors (Lipinski definition) is 4. The van der Waals surface area contributed by atoms with Crippen LogP contribution in [0.15, 0.2) is 24.3 Å². The summed E-state index contributed by atoms with van der Waals surface area (Å²) in [6.07, 6.45) is 2.72. The summed E-state index contributed by atoms with van der Waals surface area (Å²) in [6.45, 7) is 3.89. The Bertz CT molecular complexity index is 581. The zero-order chi connectivity index (χ0) is 16.9. The highest BCUT2D eigenvalue weighted by molar-refractivity contribution is 5.94. The molecule has 2 aliphatic heterocycles. The monoisotopic (exact) mass is 332 g/mol. The van der Waals surface area contributed by atoms with Gasteiger partial charge in [-0.1, -0.05) is 12.1 Å². The number of hydrogen-bond donors (Lipinski definition) is 1. The van der Waals surface area contributed by atoms with E-state index in [9.17, 15) is 9.59 Å². The van der Waals surface area contributed by atoms with Gasteiger partial charge < -0.3 is 19.7 Å². The average Bonchev–Trinajstić information content (AvgIpc) is 3.14. The van der Waals surface area contributed by atoms with Gasteiger partial charge in [0.25, 0.3) is 5.91 Å². The molecule has 1 unspecified atom stereocenters. The molecule has 0 aromatic heterocycles. The lowest BCUT2D eigenvalue weighted by atomic mass is 10.00. The SMILES string of the molecule is CC(=O)NCc1ccc(C(=O)N2CCCCC2C2OCCO2)cc1. The first-order chi connectivity index (χ1) is 11.6. The Morgan fingerprint density at radius 1 is 1.17 bits per heavy atom. The Morgan fingerprint density at radius 3 is 2.54 bits per heavy atom. The van der Waals surface area contributed by atoms with Crippen molar-refractivity contribution in [1.29, 1.82) is 0 Å². The van der Waals surface area contributed by atoms with Crippen LogP contribution in [0, 0.1) is 0 Å². The van der Waals surface area contributed by atoms with E-state index in [0.29, 0.717) is 25.3 Å². The van der Waals surface area contributed by atoms with Crippen molar-refractivity contribution < 1.29 is 19.1 Å². The molecule has 1 aromatic carbocycles. The molecule has 2 saturated heterocycles. The molecule has 0 saturated carbocycles. The zero-order valence-electron chi connectivity index (χ0n) is 14.0. The first-order valence-corrected chi connectivity index (χ1v) is 8.53. The zero-order valence-corrected chi connectivity index (χ0v) is 14.0. The lowest BCUT2D eigenvalue weighted by molar-refractivity contribution is -0.119. The van der Waals surface area contributed by atoms with Gasteiger partial charge in [-0.2, -0.15) is 0 Å². The summed E-state index contributed by atoms with van der Waals surface area (Å²) in [4.78, 5) is 25.7. The van der Waals surface area contributed by atoms with E-state index in [-0.39, 0.29) is 24.1 Å². The number of ether oxygens (including phenoxy) is 2. The van der Waals surface area contributed by atoms with Gasteiger partial charge in [-0.05, 0) is 37.0 Å². The third-order valence-electron chi connectivity index (χ3n) is 4.51. The molecular weight excluding hydrogens is 308 g/mol. The predicted octanol–water partition coefficient (Wildman–Crippen LogP) is 1.69. The molecule has 2 amide bonds. The maximum absolute atomic E-state index is 12.9. The minimum atomic E-state index is -0.298. The number of likely N-dealkylation sites (tertiary alicyclic amines) is 1. The lowest BCUT2D eigenvalue weighted by Crippen LogP contribution is -2.50. The summed E-state index contributed by atoms with van der Waals surface area (Å²) in [5, 5.41) is 2.75. The van der Waals surface area contributed by atoms with Crippen LogP contribution in [0.5, 0.6) is 0 Å². The van der Waals surface area contributed by atoms with Gasteiger partial charge in [0.05, 0.1) is 19.3 Å². The predicted molar refractivity (Wildman–Crippen MR) is 88.3 cm³/mol. The third kappa shape index (κ3) is 3.94. The van der Waals surface area contributed by atoms with Crippen molar-refractivity contribution in [3.8, 4) is 0 Å². The molecule has 24 heavy (non-hydrogen) atoms. The van der Waals surface area contributed by atoms with Crippen LogP contribution in [-0.2, 0) is 20.8 Å². The molecule has 0 aliphatic carbocycles. The molecule has 2 heterocycles. The normalized spacial score (nSPS) is 21.7. The topological polar surface area (TPSA) is 67.9 Å². The van der Waals surface area contributed by atoms with E-state index >= 15 is 0 Å². The minimum Gasteiger partial charge on any atom is -0.352 e. The van der Waals surface area contributed by atoms with Gasteiger partial charge in [-0.25, -0.2) is 0 Å². The van der Waals surface area contributed by atoms with E-state index < -0.39 is 0 Å². The second-order valence-corrected chi connectivity index (χ2v) is 6.28. The fraction of sp³-hybridized carbons (Fsp3) is 0.556. The molecule has 0 bridgehead atoms. The van der Waals surface area contributed by atoms with E-state index in [2.05, 4.69) is 5.32 Å². The Hall–Kier alpha value is -1.92. The molecule has 130 valence electrons. The molecule has 6 heteroatoms. The summed E-state index contributed by atoms with van der Waals surface area (Å²) >= 11 is 0. The molecule has 1 N–H and O–H groups in total. The summed E-state index contributed by atoms with van der Waals surface area (Å²) < 4.78 is 11.3. The average molecular weight is 332 g/mol. The van der Waals surface area contributed by atoms with E-state index in [4.69, 9.17) is 9.47 Å². The first-order valence-electron chi connectivity index (χ1n) is 8.53. The Morgan fingerprint density at radius 2 is 1.88 bits per heavy atom. The molecule has 1 atom stereocenters. The quantitative estimate of drug-likeness (QED) is 0.911. The number of carbonyl (C=O) groups is 2. The van der Waals surface area contributed by atoms with Gasteiger partial charge in [0.15, 0.2) is 6.29 Å². The number of benzene rings is 1. The molecule has 0 radical (unpaired) electrons. The van der Waals surface area contributed by atoms with Gasteiger partial charge in [-0.3, -0.25) is 9.59 Å². The Kier molecular flexibility index (Phi) is 5.48. The maximum atomic E-state index is 12.9. The largest absolute Gasteiger partial charge is 0.352 e. The van der Waals surface area contributed by atoms with Crippen LogP contribution < -0.4 is 5.32 Å². The summed E-state index contributed by atoms with van der Waals surface area (Å²) in [5.41, 5.74) is 1.63. The maximum Gasteiger partial charge on any atom is 0.254 e. The molecular formula is C18H24N2O4. The van der Waals surface area contributed by atoms with Crippen LogP contribution in [0.4, 0.5) is 0 Å². The fourth-order valence-corrected chi connectivity index (χ4v) is 3.25. The summed E-state index contributed by atoms with van der Waals surface area (Å²) in [7, 11) is 0. The van der Waals surface area contributed by atoms with Crippen LogP contribution in [-0.4, -0.2) is 48.8 Å². The Labute approximate surface area is 142 Å². The third-order valence-corrected chi connectivity index (χ3v) is 4.51. The lowest BCUT2D eigenvalue weighted by Gasteiger charge is -2.38. The highest BCUT2D eigenvalue weighted by Crippen LogP contribution is 2.26. The fourth-order valence-electron chi connectivity index (χ4n) is 3.25. The van der Waals surface area contributed by atoms with Gasteiger partial charge >= 0.3 is 0 Å². The highest BCUT2D eigenvalue weighted by atomic mass is 16.7. The van der Waals surface area contributed by atoms with Crippen LogP contribution in [0.2, 0.25) is 0 Å². The second-order valence-electron chi connectivity index (χ2n) is 6.28. The standard InChI is InChI=1S/C18H24N2O4/c1-13(21)19-12-14-5-7-15(8-6-14)17(22)20-9-3-2-4-16(20)18-23-10-11-24-18/h5-8,16,18H,2-4,9-12H2,1H3,(H,19,21). The number of amides is 2. The highest BCUT2D eigenvalue weighted by Gasteiger charge is 2.36. The van der Waals surface area contributed by atoms with Gasteiger partial charge in [-0.15, -0.1) is 0 Å². The Balaban J connectivity index is 1.68. The van der Waals surface area contributed by atoms with Gasteiger partial charge in [0.2, 0.25) is 5.91 Å². The number of piperidine rings is 1. The first kappa shape index (κ1) is 16.9. The van der Waals surface area contributed by atoms with E-state index in [0.717, 1.165) is 31.4 Å². The van der Waals surface area contributed by atoms with Crippen LogP contribution >= 0.6 is 0 Å². The van der Waals surface area contributed by atoms with Crippen molar-refractivity contribution in [2.24, 2.45) is 0 Å². The van der Waals surface area contributed by atoms with Crippen molar-refractivity contribution in [2.45, 2.75) is 45.1 Å². The number of nitrogens with one attached hydrogen (secondary N) is 1. The number of nitrogens with zero attached hydrogens (tertiary/aromatic N) is 1. The van der Waals surface area contributed by atoms with Crippen LogP contribution in [0.3, 0.4) is 0 Å². The molecule has 2 aliphatic rings. The van der Waals surface area contributed by atoms with Gasteiger partial charge in [0, 0.05) is 25.6 Å². The van der Waals surface area contributed by atoms with Crippen molar-refractivity contribution in [3.63, 3.8) is 0 Å². The molecule has 0 spiro atoms. The molecule has 2 fully saturated rings. The smallest absolute Gasteiger partial charge is 0.254 e. The van der Waals surface area contributed by atoms with Crippen LogP contribution in [0.1, 0.15) is 42.1 Å². The van der Waals surface area contributed by atoms with E-state index in [1.165, 1.54) is 6.92 Å². The summed E-state index contributed by atoms with van der Waals surface area (Å²) in [5.74, 6) is -0.0484. The molecule has 1 aromatic rings. The van der Waals surface area contributed by atoms with E-state index in [1.54, 1.807) is 0 Å². The van der Waals surface area contributed by atoms with Crippen molar-refractivity contribution in [2.75, 3.05) is 19.8 Å². The van der Waals surface area contributed by atoms with Gasteiger partial charge in [0.1, 0.15) is 0 Å². The second kappa shape index (κ2) is 7.77. The van der Waals surface area contributed by atoms with Crippen molar-refractivity contribution in [1.82, 2.24) is 10.2 Å². The van der Waals surface area contributed by atoms with Crippen molar-refractivity contribution in [3.05, 3.63) is 35.4 Å². The number of carbonyl (C=O) groups excluding carboxylic acids is 2. The minimum absolute atomic E-state index is 0.00666. The van der Waals surface area contributed by atoms with Crippen LogP contribution in [0.25, 0.3) is 0 Å². The van der Waals surface area contributed by atoms with Crippen molar-refractivity contribution >= 4 is 11.8 Å². The summed E-state index contributed by atoms with van der Waals surface area (Å²) in [6, 6.07) is 7.39. The molecule has 3 rings (SSSR count). The number of rotatable bonds is 4.